The molecule has 2 heteroatoms. The second kappa shape index (κ2) is 2.39. The maximum atomic E-state index is 4.29. The van der Waals surface area contributed by atoms with E-state index in [0.717, 1.165) is 12.1 Å². The maximum absolute atomic E-state index is 4.29. The Labute approximate surface area is 76.3 Å². The second-order valence-electron chi connectivity index (χ2n) is 3.23. The van der Waals surface area contributed by atoms with Crippen LogP contribution in [0, 0.1) is 0 Å². The van der Waals surface area contributed by atoms with Gasteiger partial charge in [-0.2, -0.15) is 0 Å². The van der Waals surface area contributed by atoms with Crippen LogP contribution in [0.15, 0.2) is 36.8 Å². The van der Waals surface area contributed by atoms with Crippen LogP contribution in [0.2, 0.25) is 0 Å². The van der Waals surface area contributed by atoms with Gasteiger partial charge < -0.3 is 0 Å². The smallest absolute Gasteiger partial charge is 0.116 e. The first-order valence-corrected chi connectivity index (χ1v) is 4.32. The molecule has 0 saturated carbocycles. The highest BCUT2D eigenvalue weighted by atomic mass is 14.8. The highest BCUT2D eigenvalue weighted by Crippen LogP contribution is 2.33. The quantitative estimate of drug-likeness (QED) is 0.513. The molecule has 0 radical (unpaired) electrons. The summed E-state index contributed by atoms with van der Waals surface area (Å²) >= 11 is 0. The molecule has 1 aromatic carbocycles. The summed E-state index contributed by atoms with van der Waals surface area (Å²) in [6.07, 6.45) is 4.50. The molecule has 13 heavy (non-hydrogen) atoms. The summed E-state index contributed by atoms with van der Waals surface area (Å²) in [6, 6.07) is 8.39. The van der Waals surface area contributed by atoms with Crippen LogP contribution in [0.5, 0.6) is 0 Å². The van der Waals surface area contributed by atoms with E-state index in [-0.39, 0.29) is 0 Å². The molecule has 1 aromatic heterocycles. The van der Waals surface area contributed by atoms with Crippen LogP contribution in [-0.2, 0) is 6.42 Å². The SMILES string of the molecule is c1ccc2c(c1)Cc1cncnc1-2. The van der Waals surface area contributed by atoms with E-state index >= 15 is 0 Å². The van der Waals surface area contributed by atoms with Crippen LogP contribution < -0.4 is 0 Å². The molecule has 1 heterocycles. The standard InChI is InChI=1S/C11H8N2/c1-2-4-10-8(3-1)5-9-6-12-7-13-11(9)10/h1-4,6-7H,5H2. The maximum Gasteiger partial charge on any atom is 0.116 e. The zero-order valence-corrected chi connectivity index (χ0v) is 7.07. The van der Waals surface area contributed by atoms with Crippen molar-refractivity contribution in [3.63, 3.8) is 0 Å². The lowest BCUT2D eigenvalue weighted by molar-refractivity contribution is 1.12. The molecule has 2 aromatic rings. The minimum Gasteiger partial charge on any atom is -0.244 e. The van der Waals surface area contributed by atoms with Gasteiger partial charge in [-0.05, 0) is 5.56 Å². The molecule has 0 unspecified atom stereocenters. The topological polar surface area (TPSA) is 25.8 Å². The van der Waals surface area contributed by atoms with Crippen molar-refractivity contribution in [2.24, 2.45) is 0 Å². The summed E-state index contributed by atoms with van der Waals surface area (Å²) in [7, 11) is 0. The van der Waals surface area contributed by atoms with E-state index in [9.17, 15) is 0 Å². The molecular weight excluding hydrogens is 160 g/mol. The van der Waals surface area contributed by atoms with E-state index in [1.54, 1.807) is 6.33 Å². The highest BCUT2D eigenvalue weighted by Gasteiger charge is 2.18. The Morgan fingerprint density at radius 3 is 3.00 bits per heavy atom. The third-order valence-corrected chi connectivity index (χ3v) is 2.44. The molecule has 0 aliphatic heterocycles. The number of benzene rings is 1. The Morgan fingerprint density at radius 2 is 2.00 bits per heavy atom. The fraction of sp³-hybridized carbons (Fsp3) is 0.0909. The highest BCUT2D eigenvalue weighted by molar-refractivity contribution is 5.72. The van der Waals surface area contributed by atoms with E-state index in [1.807, 2.05) is 6.20 Å². The van der Waals surface area contributed by atoms with Gasteiger partial charge >= 0.3 is 0 Å². The second-order valence-corrected chi connectivity index (χ2v) is 3.23. The zero-order valence-electron chi connectivity index (χ0n) is 7.07. The van der Waals surface area contributed by atoms with Crippen molar-refractivity contribution in [3.8, 4) is 11.3 Å². The fourth-order valence-electron chi connectivity index (χ4n) is 1.84. The van der Waals surface area contributed by atoms with Crippen molar-refractivity contribution in [2.45, 2.75) is 6.42 Å². The van der Waals surface area contributed by atoms with Gasteiger partial charge in [0.25, 0.3) is 0 Å². The van der Waals surface area contributed by atoms with Gasteiger partial charge in [0.05, 0.1) is 5.69 Å². The molecule has 0 N–H and O–H groups in total. The molecule has 0 saturated heterocycles. The van der Waals surface area contributed by atoms with Crippen LogP contribution >= 0.6 is 0 Å². The van der Waals surface area contributed by atoms with Gasteiger partial charge in [-0.25, -0.2) is 9.97 Å². The lowest BCUT2D eigenvalue weighted by atomic mass is 10.1. The van der Waals surface area contributed by atoms with Crippen LogP contribution in [-0.4, -0.2) is 9.97 Å². The van der Waals surface area contributed by atoms with Crippen LogP contribution in [0.3, 0.4) is 0 Å². The molecule has 0 atom stereocenters. The summed E-state index contributed by atoms with van der Waals surface area (Å²) in [5, 5.41) is 0. The van der Waals surface area contributed by atoms with Crippen molar-refractivity contribution >= 4 is 0 Å². The van der Waals surface area contributed by atoms with E-state index in [4.69, 9.17) is 0 Å². The van der Waals surface area contributed by atoms with Gasteiger partial charge in [0.1, 0.15) is 6.33 Å². The van der Waals surface area contributed by atoms with Crippen molar-refractivity contribution in [1.29, 1.82) is 0 Å². The average molecular weight is 168 g/mol. The third kappa shape index (κ3) is 0.886. The summed E-state index contributed by atoms with van der Waals surface area (Å²) in [5.74, 6) is 0. The monoisotopic (exact) mass is 168 g/mol. The molecule has 1 aliphatic rings. The third-order valence-electron chi connectivity index (χ3n) is 2.44. The predicted molar refractivity (Wildman–Crippen MR) is 50.3 cm³/mol. The van der Waals surface area contributed by atoms with E-state index < -0.39 is 0 Å². The van der Waals surface area contributed by atoms with Crippen molar-refractivity contribution in [1.82, 2.24) is 9.97 Å². The zero-order chi connectivity index (χ0) is 8.67. The molecule has 0 spiro atoms. The molecule has 62 valence electrons. The van der Waals surface area contributed by atoms with Crippen molar-refractivity contribution < 1.29 is 0 Å². The van der Waals surface area contributed by atoms with Gasteiger partial charge in [0.15, 0.2) is 0 Å². The molecule has 0 fully saturated rings. The summed E-state index contributed by atoms with van der Waals surface area (Å²) < 4.78 is 0. The van der Waals surface area contributed by atoms with Gasteiger partial charge in [-0.1, -0.05) is 24.3 Å². The van der Waals surface area contributed by atoms with Crippen molar-refractivity contribution in [2.75, 3.05) is 0 Å². The largest absolute Gasteiger partial charge is 0.244 e. The number of hydrogen-bond donors (Lipinski definition) is 0. The minimum atomic E-state index is 0.979. The Morgan fingerprint density at radius 1 is 1.08 bits per heavy atom. The number of rotatable bonds is 0. The van der Waals surface area contributed by atoms with Crippen LogP contribution in [0.1, 0.15) is 11.1 Å². The van der Waals surface area contributed by atoms with Gasteiger partial charge in [0, 0.05) is 23.7 Å². The number of nitrogens with zero attached hydrogens (tertiary/aromatic N) is 2. The molecule has 1 aliphatic carbocycles. The lowest BCUT2D eigenvalue weighted by Crippen LogP contribution is -1.84. The normalized spacial score (nSPS) is 12.3. The predicted octanol–water partition coefficient (Wildman–Crippen LogP) is 2.05. The Hall–Kier alpha value is -1.70. The Balaban J connectivity index is 2.32. The first-order valence-electron chi connectivity index (χ1n) is 4.32. The Bertz CT molecular complexity index is 420. The molecule has 3 rings (SSSR count). The lowest BCUT2D eigenvalue weighted by Gasteiger charge is -1.96. The summed E-state index contributed by atoms with van der Waals surface area (Å²) in [6.45, 7) is 0. The summed E-state index contributed by atoms with van der Waals surface area (Å²) in [4.78, 5) is 8.32. The molecule has 0 bridgehead atoms. The average Bonchev–Trinajstić information content (AvgIpc) is 2.56. The van der Waals surface area contributed by atoms with Gasteiger partial charge in [-0.15, -0.1) is 0 Å². The van der Waals surface area contributed by atoms with E-state index in [0.29, 0.717) is 0 Å². The molecule has 2 nitrogen and oxygen atoms in total. The van der Waals surface area contributed by atoms with E-state index in [1.165, 1.54) is 16.7 Å². The number of hydrogen-bond acceptors (Lipinski definition) is 2. The van der Waals surface area contributed by atoms with Crippen LogP contribution in [0.25, 0.3) is 11.3 Å². The first-order chi connectivity index (χ1) is 6.45. The fourth-order valence-corrected chi connectivity index (χ4v) is 1.84. The van der Waals surface area contributed by atoms with Gasteiger partial charge in [0.2, 0.25) is 0 Å². The Kier molecular flexibility index (Phi) is 1.25. The summed E-state index contributed by atoms with van der Waals surface area (Å²) in [5.41, 5.74) is 4.97. The molecular formula is C11H8N2. The minimum absolute atomic E-state index is 0.979. The van der Waals surface area contributed by atoms with Crippen molar-refractivity contribution in [3.05, 3.63) is 47.9 Å². The molecule has 0 amide bonds. The van der Waals surface area contributed by atoms with E-state index in [2.05, 4.69) is 34.2 Å². The number of fused-ring (bicyclic) bond motifs is 3. The van der Waals surface area contributed by atoms with Gasteiger partial charge in [-0.3, -0.25) is 0 Å². The number of aromatic nitrogens is 2. The van der Waals surface area contributed by atoms with Crippen LogP contribution in [0.4, 0.5) is 0 Å². The first kappa shape index (κ1) is 6.78.